The van der Waals surface area contributed by atoms with Crippen LogP contribution in [0.3, 0.4) is 0 Å². The van der Waals surface area contributed by atoms with Crippen LogP contribution in [0.5, 0.6) is 0 Å². The molecule has 1 atom stereocenters. The molecule has 7 nitrogen and oxygen atoms in total. The summed E-state index contributed by atoms with van der Waals surface area (Å²) in [6.07, 6.45) is 3.83. The van der Waals surface area contributed by atoms with Crippen LogP contribution in [0.15, 0.2) is 42.6 Å². The molecule has 1 saturated heterocycles. The quantitative estimate of drug-likeness (QED) is 0.756. The van der Waals surface area contributed by atoms with Gasteiger partial charge < -0.3 is 10.6 Å². The van der Waals surface area contributed by atoms with Crippen molar-refractivity contribution in [3.05, 3.63) is 42.6 Å². The number of primary amides is 1. The van der Waals surface area contributed by atoms with E-state index in [-0.39, 0.29) is 11.8 Å². The average Bonchev–Trinajstić information content (AvgIpc) is 3.15. The summed E-state index contributed by atoms with van der Waals surface area (Å²) in [6.45, 7) is 3.30. The Hall–Kier alpha value is -2.80. The number of hydrogen-bond acceptors (Lipinski definition) is 5. The van der Waals surface area contributed by atoms with Crippen LogP contribution >= 0.6 is 0 Å². The number of nitrogens with two attached hydrogens (primary N) is 1. The number of carbonyl (C=O) groups excluding carboxylic acids is 1. The predicted molar refractivity (Wildman–Crippen MR) is 99.1 cm³/mol. The number of hydrogen-bond donors (Lipinski definition) is 1. The molecule has 0 bridgehead atoms. The maximum Gasteiger partial charge on any atom is 0.221 e. The standard InChI is InChI=1S/C19H22N6O/c20-19(26)15-5-3-9-24(12-15)10-11-25-13-18(22-23-25)17-8-7-14-4-1-2-6-16(14)21-17/h1-2,4,6-8,13,15H,3,5,9-12H2,(H2,20,26)/t15-/m1/s1. The second-order valence-electron chi connectivity index (χ2n) is 6.80. The Morgan fingerprint density at radius 1 is 1.15 bits per heavy atom. The lowest BCUT2D eigenvalue weighted by atomic mass is 9.97. The van der Waals surface area contributed by atoms with Crippen LogP contribution in [0.4, 0.5) is 0 Å². The van der Waals surface area contributed by atoms with Gasteiger partial charge in [0.05, 0.1) is 29.9 Å². The molecule has 26 heavy (non-hydrogen) atoms. The fourth-order valence-corrected chi connectivity index (χ4v) is 3.47. The molecule has 0 aliphatic carbocycles. The molecule has 1 aliphatic rings. The summed E-state index contributed by atoms with van der Waals surface area (Å²) >= 11 is 0. The molecular weight excluding hydrogens is 328 g/mol. The van der Waals surface area contributed by atoms with Gasteiger partial charge in [0, 0.05) is 18.5 Å². The monoisotopic (exact) mass is 350 g/mol. The average molecular weight is 350 g/mol. The van der Waals surface area contributed by atoms with Crippen molar-refractivity contribution in [2.24, 2.45) is 11.7 Å². The molecule has 0 radical (unpaired) electrons. The number of pyridine rings is 1. The Balaban J connectivity index is 1.42. The van der Waals surface area contributed by atoms with E-state index in [0.717, 1.165) is 61.3 Å². The molecule has 4 rings (SSSR count). The molecule has 0 saturated carbocycles. The van der Waals surface area contributed by atoms with Crippen LogP contribution in [0, 0.1) is 5.92 Å². The van der Waals surface area contributed by atoms with E-state index in [1.807, 2.05) is 47.3 Å². The highest BCUT2D eigenvalue weighted by Gasteiger charge is 2.23. The van der Waals surface area contributed by atoms with E-state index in [1.165, 1.54) is 0 Å². The van der Waals surface area contributed by atoms with E-state index in [9.17, 15) is 4.79 Å². The van der Waals surface area contributed by atoms with E-state index in [0.29, 0.717) is 0 Å². The first-order valence-corrected chi connectivity index (χ1v) is 8.97. The lowest BCUT2D eigenvalue weighted by Gasteiger charge is -2.30. The highest BCUT2D eigenvalue weighted by atomic mass is 16.1. The number of para-hydroxylation sites is 1. The number of likely N-dealkylation sites (tertiary alicyclic amines) is 1. The van der Waals surface area contributed by atoms with Crippen LogP contribution < -0.4 is 5.73 Å². The van der Waals surface area contributed by atoms with Gasteiger partial charge in [0.1, 0.15) is 5.69 Å². The Labute approximate surface area is 151 Å². The minimum atomic E-state index is -0.194. The van der Waals surface area contributed by atoms with Gasteiger partial charge in [-0.05, 0) is 31.5 Å². The fraction of sp³-hybridized carbons (Fsp3) is 0.368. The second-order valence-corrected chi connectivity index (χ2v) is 6.80. The van der Waals surface area contributed by atoms with Crippen molar-refractivity contribution in [1.82, 2.24) is 24.9 Å². The summed E-state index contributed by atoms with van der Waals surface area (Å²) in [5.74, 6) is -0.225. The first-order chi connectivity index (χ1) is 12.7. The minimum absolute atomic E-state index is 0.0307. The molecule has 1 amide bonds. The van der Waals surface area contributed by atoms with Crippen LogP contribution in [0.25, 0.3) is 22.3 Å². The molecule has 1 aliphatic heterocycles. The molecule has 0 unspecified atom stereocenters. The van der Waals surface area contributed by atoms with Gasteiger partial charge >= 0.3 is 0 Å². The zero-order valence-electron chi connectivity index (χ0n) is 14.6. The molecule has 2 N–H and O–H groups in total. The highest BCUT2D eigenvalue weighted by molar-refractivity contribution is 5.80. The Morgan fingerprint density at radius 2 is 2.04 bits per heavy atom. The zero-order chi connectivity index (χ0) is 17.9. The van der Waals surface area contributed by atoms with Crippen LogP contribution in [-0.2, 0) is 11.3 Å². The number of amides is 1. The van der Waals surface area contributed by atoms with Gasteiger partial charge in [-0.1, -0.05) is 29.5 Å². The molecule has 134 valence electrons. The van der Waals surface area contributed by atoms with Gasteiger partial charge in [-0.25, -0.2) is 4.98 Å². The van der Waals surface area contributed by atoms with Gasteiger partial charge in [-0.15, -0.1) is 5.10 Å². The summed E-state index contributed by atoms with van der Waals surface area (Å²) in [6, 6.07) is 12.0. The van der Waals surface area contributed by atoms with E-state index >= 15 is 0 Å². The number of carbonyl (C=O) groups is 1. The van der Waals surface area contributed by atoms with E-state index in [1.54, 1.807) is 0 Å². The zero-order valence-corrected chi connectivity index (χ0v) is 14.6. The largest absolute Gasteiger partial charge is 0.369 e. The van der Waals surface area contributed by atoms with Crippen LogP contribution in [-0.4, -0.2) is 50.4 Å². The third-order valence-electron chi connectivity index (χ3n) is 4.95. The first kappa shape index (κ1) is 16.7. The maximum absolute atomic E-state index is 11.4. The summed E-state index contributed by atoms with van der Waals surface area (Å²) in [5, 5.41) is 9.59. The molecule has 7 heteroatoms. The van der Waals surface area contributed by atoms with Crippen molar-refractivity contribution in [2.45, 2.75) is 19.4 Å². The van der Waals surface area contributed by atoms with Gasteiger partial charge in [-0.2, -0.15) is 0 Å². The lowest BCUT2D eigenvalue weighted by Crippen LogP contribution is -2.42. The van der Waals surface area contributed by atoms with Crippen molar-refractivity contribution in [2.75, 3.05) is 19.6 Å². The molecule has 1 aromatic carbocycles. The van der Waals surface area contributed by atoms with Gasteiger partial charge in [0.2, 0.25) is 5.91 Å². The van der Waals surface area contributed by atoms with Crippen molar-refractivity contribution in [3.63, 3.8) is 0 Å². The molecule has 3 heterocycles. The van der Waals surface area contributed by atoms with Crippen molar-refractivity contribution in [3.8, 4) is 11.4 Å². The van der Waals surface area contributed by atoms with Crippen LogP contribution in [0.1, 0.15) is 12.8 Å². The summed E-state index contributed by atoms with van der Waals surface area (Å²) < 4.78 is 1.83. The summed E-state index contributed by atoms with van der Waals surface area (Å²) in [5.41, 5.74) is 7.98. The third kappa shape index (κ3) is 3.57. The predicted octanol–water partition coefficient (Wildman–Crippen LogP) is 1.69. The van der Waals surface area contributed by atoms with Crippen molar-refractivity contribution >= 4 is 16.8 Å². The highest BCUT2D eigenvalue weighted by Crippen LogP contribution is 2.19. The number of fused-ring (bicyclic) bond motifs is 1. The Bertz CT molecular complexity index is 921. The molecule has 3 aromatic rings. The van der Waals surface area contributed by atoms with E-state index in [2.05, 4.69) is 20.2 Å². The van der Waals surface area contributed by atoms with E-state index in [4.69, 9.17) is 5.73 Å². The Kier molecular flexibility index (Phi) is 4.62. The molecule has 2 aromatic heterocycles. The van der Waals surface area contributed by atoms with Gasteiger partial charge in [0.25, 0.3) is 0 Å². The normalized spacial score (nSPS) is 18.2. The number of rotatable bonds is 5. The fourth-order valence-electron chi connectivity index (χ4n) is 3.47. The van der Waals surface area contributed by atoms with Gasteiger partial charge in [0.15, 0.2) is 0 Å². The number of piperidine rings is 1. The second kappa shape index (κ2) is 7.21. The topological polar surface area (TPSA) is 89.9 Å². The van der Waals surface area contributed by atoms with Crippen molar-refractivity contribution < 1.29 is 4.79 Å². The number of nitrogens with zero attached hydrogens (tertiary/aromatic N) is 5. The number of benzene rings is 1. The molecule has 1 fully saturated rings. The Morgan fingerprint density at radius 3 is 2.92 bits per heavy atom. The van der Waals surface area contributed by atoms with Crippen LogP contribution in [0.2, 0.25) is 0 Å². The third-order valence-corrected chi connectivity index (χ3v) is 4.95. The smallest absolute Gasteiger partial charge is 0.221 e. The summed E-state index contributed by atoms with van der Waals surface area (Å²) in [7, 11) is 0. The minimum Gasteiger partial charge on any atom is -0.369 e. The van der Waals surface area contributed by atoms with Gasteiger partial charge in [-0.3, -0.25) is 9.48 Å². The molecular formula is C19H22N6O. The first-order valence-electron chi connectivity index (χ1n) is 8.97. The SMILES string of the molecule is NC(=O)[C@@H]1CCCN(CCn2cc(-c3ccc4ccccc4n3)nn2)C1. The lowest BCUT2D eigenvalue weighted by molar-refractivity contribution is -0.123. The summed E-state index contributed by atoms with van der Waals surface area (Å²) in [4.78, 5) is 18.3. The number of aromatic nitrogens is 4. The molecule has 0 spiro atoms. The maximum atomic E-state index is 11.4. The van der Waals surface area contributed by atoms with Crippen molar-refractivity contribution in [1.29, 1.82) is 0 Å². The van der Waals surface area contributed by atoms with E-state index < -0.39 is 0 Å².